The molecule has 1 aliphatic carbocycles. The fourth-order valence-electron chi connectivity index (χ4n) is 2.68. The monoisotopic (exact) mass is 381 g/mol. The van der Waals surface area contributed by atoms with Crippen molar-refractivity contribution in [3.05, 3.63) is 46.1 Å². The smallest absolute Gasteiger partial charge is 0.258 e. The number of pyridine rings is 1. The summed E-state index contributed by atoms with van der Waals surface area (Å²) >= 11 is 13.7. The van der Waals surface area contributed by atoms with Gasteiger partial charge in [-0.1, -0.05) is 36.0 Å². The standard InChI is InChI=1S/C17H17Cl2N3OS/c18-13-8-10(9-14(19)15(13)20)22-16(23)12-6-3-7-21-17(12)24-11-4-1-2-5-11/h3,6-9,11H,1-2,4-5,20H2,(H,22,23). The van der Waals surface area contributed by atoms with E-state index in [1.54, 1.807) is 42.2 Å². The van der Waals surface area contributed by atoms with E-state index in [0.29, 0.717) is 32.2 Å². The lowest BCUT2D eigenvalue weighted by Gasteiger charge is -2.13. The van der Waals surface area contributed by atoms with Crippen molar-refractivity contribution in [1.82, 2.24) is 4.98 Å². The Kier molecular flexibility index (Phi) is 5.54. The van der Waals surface area contributed by atoms with Crippen LogP contribution < -0.4 is 11.1 Å². The van der Waals surface area contributed by atoms with Crippen LogP contribution in [0.3, 0.4) is 0 Å². The van der Waals surface area contributed by atoms with Gasteiger partial charge in [-0.15, -0.1) is 11.8 Å². The molecule has 1 aliphatic rings. The first-order valence-electron chi connectivity index (χ1n) is 7.72. The van der Waals surface area contributed by atoms with Crippen molar-refractivity contribution < 1.29 is 4.79 Å². The predicted molar refractivity (Wildman–Crippen MR) is 101 cm³/mol. The van der Waals surface area contributed by atoms with Gasteiger partial charge >= 0.3 is 0 Å². The number of carbonyl (C=O) groups is 1. The van der Waals surface area contributed by atoms with Crippen molar-refractivity contribution in [2.45, 2.75) is 36.0 Å². The lowest BCUT2D eigenvalue weighted by Crippen LogP contribution is -2.14. The van der Waals surface area contributed by atoms with Gasteiger partial charge in [-0.2, -0.15) is 0 Å². The third kappa shape index (κ3) is 3.97. The van der Waals surface area contributed by atoms with Crippen molar-refractivity contribution in [2.24, 2.45) is 0 Å². The molecule has 7 heteroatoms. The maximum atomic E-state index is 12.6. The molecule has 126 valence electrons. The minimum atomic E-state index is -0.236. The van der Waals surface area contributed by atoms with E-state index in [-0.39, 0.29) is 5.91 Å². The Morgan fingerprint density at radius 3 is 2.58 bits per heavy atom. The van der Waals surface area contributed by atoms with Gasteiger partial charge < -0.3 is 11.1 Å². The SMILES string of the molecule is Nc1c(Cl)cc(NC(=O)c2cccnc2SC2CCCC2)cc1Cl. The molecular weight excluding hydrogens is 365 g/mol. The van der Waals surface area contributed by atoms with Crippen LogP contribution in [0.15, 0.2) is 35.5 Å². The third-order valence-electron chi connectivity index (χ3n) is 3.93. The highest BCUT2D eigenvalue weighted by atomic mass is 35.5. The Bertz CT molecular complexity index is 740. The van der Waals surface area contributed by atoms with Gasteiger partial charge in [-0.25, -0.2) is 4.98 Å². The highest BCUT2D eigenvalue weighted by Crippen LogP contribution is 2.36. The number of aromatic nitrogens is 1. The first-order chi connectivity index (χ1) is 11.5. The van der Waals surface area contributed by atoms with Crippen molar-refractivity contribution in [1.29, 1.82) is 0 Å². The zero-order chi connectivity index (χ0) is 17.1. The van der Waals surface area contributed by atoms with Crippen LogP contribution in [0.5, 0.6) is 0 Å². The van der Waals surface area contributed by atoms with Gasteiger partial charge in [0, 0.05) is 17.1 Å². The van der Waals surface area contributed by atoms with Crippen molar-refractivity contribution >= 4 is 52.2 Å². The molecule has 0 radical (unpaired) electrons. The second-order valence-electron chi connectivity index (χ2n) is 5.69. The number of nitrogens with two attached hydrogens (primary N) is 1. The van der Waals surface area contributed by atoms with E-state index in [4.69, 9.17) is 28.9 Å². The molecule has 1 amide bonds. The molecule has 3 rings (SSSR count). The number of thioether (sulfide) groups is 1. The number of hydrogen-bond donors (Lipinski definition) is 2. The summed E-state index contributed by atoms with van der Waals surface area (Å²) in [4.78, 5) is 17.0. The van der Waals surface area contributed by atoms with Crippen molar-refractivity contribution in [3.63, 3.8) is 0 Å². The first kappa shape index (κ1) is 17.4. The maximum Gasteiger partial charge on any atom is 0.258 e. The van der Waals surface area contributed by atoms with Gasteiger partial charge in [0.2, 0.25) is 0 Å². The fourth-order valence-corrected chi connectivity index (χ4v) is 4.46. The van der Waals surface area contributed by atoms with Gasteiger partial charge in [-0.05, 0) is 37.1 Å². The molecule has 0 spiro atoms. The molecule has 1 saturated carbocycles. The summed E-state index contributed by atoms with van der Waals surface area (Å²) in [5, 5.41) is 4.73. The Labute approximate surface area is 155 Å². The van der Waals surface area contributed by atoms with E-state index in [2.05, 4.69) is 10.3 Å². The second-order valence-corrected chi connectivity index (χ2v) is 7.79. The Balaban J connectivity index is 1.80. The lowest BCUT2D eigenvalue weighted by molar-refractivity contribution is 0.102. The van der Waals surface area contributed by atoms with Crippen LogP contribution in [-0.2, 0) is 0 Å². The van der Waals surface area contributed by atoms with Crippen LogP contribution in [-0.4, -0.2) is 16.1 Å². The van der Waals surface area contributed by atoms with E-state index < -0.39 is 0 Å². The van der Waals surface area contributed by atoms with E-state index >= 15 is 0 Å². The number of nitrogens with zero attached hydrogens (tertiary/aromatic N) is 1. The minimum Gasteiger partial charge on any atom is -0.396 e. The molecule has 1 aromatic carbocycles. The van der Waals surface area contributed by atoms with Crippen LogP contribution in [0.4, 0.5) is 11.4 Å². The number of nitrogen functional groups attached to an aromatic ring is 1. The molecule has 24 heavy (non-hydrogen) atoms. The number of anilines is 2. The molecule has 4 nitrogen and oxygen atoms in total. The number of carbonyl (C=O) groups excluding carboxylic acids is 1. The number of nitrogens with one attached hydrogen (secondary N) is 1. The van der Waals surface area contributed by atoms with Crippen LogP contribution in [0, 0.1) is 0 Å². The normalized spacial score (nSPS) is 14.8. The Morgan fingerprint density at radius 2 is 1.92 bits per heavy atom. The van der Waals surface area contributed by atoms with Gasteiger partial charge in [0.05, 0.1) is 21.3 Å². The molecule has 2 aromatic rings. The zero-order valence-corrected chi connectivity index (χ0v) is 15.2. The number of amides is 1. The first-order valence-corrected chi connectivity index (χ1v) is 9.35. The Hall–Kier alpha value is -1.43. The van der Waals surface area contributed by atoms with E-state index in [9.17, 15) is 4.79 Å². The average molecular weight is 382 g/mol. The minimum absolute atomic E-state index is 0.236. The molecule has 0 saturated heterocycles. The van der Waals surface area contributed by atoms with Gasteiger partial charge in [0.15, 0.2) is 0 Å². The lowest BCUT2D eigenvalue weighted by atomic mass is 10.2. The summed E-state index contributed by atoms with van der Waals surface area (Å²) in [6, 6.07) is 6.71. The topological polar surface area (TPSA) is 68.0 Å². The van der Waals surface area contributed by atoms with Crippen LogP contribution in [0.25, 0.3) is 0 Å². The molecule has 1 fully saturated rings. The van der Waals surface area contributed by atoms with Crippen molar-refractivity contribution in [2.75, 3.05) is 11.1 Å². The quantitative estimate of drug-likeness (QED) is 0.708. The van der Waals surface area contributed by atoms with Crippen LogP contribution >= 0.6 is 35.0 Å². The highest BCUT2D eigenvalue weighted by molar-refractivity contribution is 7.99. The summed E-state index contributed by atoms with van der Waals surface area (Å²) in [6.45, 7) is 0. The zero-order valence-electron chi connectivity index (χ0n) is 12.9. The van der Waals surface area contributed by atoms with Gasteiger partial charge in [0.1, 0.15) is 5.03 Å². The number of hydrogen-bond acceptors (Lipinski definition) is 4. The molecule has 0 aliphatic heterocycles. The number of rotatable bonds is 4. The fraction of sp³-hybridized carbons (Fsp3) is 0.294. The summed E-state index contributed by atoms with van der Waals surface area (Å²) in [7, 11) is 0. The van der Waals surface area contributed by atoms with E-state index in [1.165, 1.54) is 25.7 Å². The van der Waals surface area contributed by atoms with Crippen molar-refractivity contribution in [3.8, 4) is 0 Å². The number of halogens is 2. The van der Waals surface area contributed by atoms with E-state index in [0.717, 1.165) is 5.03 Å². The molecule has 1 aromatic heterocycles. The maximum absolute atomic E-state index is 12.6. The van der Waals surface area contributed by atoms with Gasteiger partial charge in [-0.3, -0.25) is 4.79 Å². The van der Waals surface area contributed by atoms with Gasteiger partial charge in [0.25, 0.3) is 5.91 Å². The number of benzene rings is 1. The van der Waals surface area contributed by atoms with Crippen LogP contribution in [0.1, 0.15) is 36.0 Å². The highest BCUT2D eigenvalue weighted by Gasteiger charge is 2.21. The molecule has 3 N–H and O–H groups in total. The predicted octanol–water partition coefficient (Wildman–Crippen LogP) is 5.26. The second kappa shape index (κ2) is 7.64. The summed E-state index contributed by atoms with van der Waals surface area (Å²) in [6.07, 6.45) is 6.55. The molecule has 1 heterocycles. The van der Waals surface area contributed by atoms with E-state index in [1.807, 2.05) is 0 Å². The summed E-state index contributed by atoms with van der Waals surface area (Å²) < 4.78 is 0. The largest absolute Gasteiger partial charge is 0.396 e. The average Bonchev–Trinajstić information content (AvgIpc) is 3.06. The summed E-state index contributed by atoms with van der Waals surface area (Å²) in [5.41, 5.74) is 7.08. The molecular formula is C17H17Cl2N3OS. The molecule has 0 bridgehead atoms. The molecule has 0 unspecified atom stereocenters. The third-order valence-corrected chi connectivity index (χ3v) is 5.91. The molecule has 0 atom stereocenters. The van der Waals surface area contributed by atoms with Crippen LogP contribution in [0.2, 0.25) is 10.0 Å². The Morgan fingerprint density at radius 1 is 1.25 bits per heavy atom. The summed E-state index contributed by atoms with van der Waals surface area (Å²) in [5.74, 6) is -0.236.